The van der Waals surface area contributed by atoms with E-state index in [4.69, 9.17) is 17.3 Å². The van der Waals surface area contributed by atoms with Gasteiger partial charge in [-0.1, -0.05) is 18.5 Å². The van der Waals surface area contributed by atoms with Gasteiger partial charge in [-0.05, 0) is 24.6 Å². The number of carbonyl (C=O) groups is 1. The highest BCUT2D eigenvalue weighted by molar-refractivity contribution is 6.33. The van der Waals surface area contributed by atoms with E-state index < -0.39 is 17.5 Å². The summed E-state index contributed by atoms with van der Waals surface area (Å²) in [4.78, 5) is 11.6. The first-order valence-corrected chi connectivity index (χ1v) is 5.46. The van der Waals surface area contributed by atoms with Crippen LogP contribution >= 0.6 is 24.0 Å². The molecule has 7 heteroatoms. The highest BCUT2D eigenvalue weighted by atomic mass is 35.5. The first-order valence-electron chi connectivity index (χ1n) is 5.08. The van der Waals surface area contributed by atoms with Crippen molar-refractivity contribution in [3.8, 4) is 0 Å². The Hall–Kier alpha value is -0.910. The molecule has 0 fully saturated rings. The van der Waals surface area contributed by atoms with Gasteiger partial charge in [0.2, 0.25) is 0 Å². The van der Waals surface area contributed by atoms with E-state index in [0.717, 1.165) is 12.1 Å². The maximum atomic E-state index is 13.0. The summed E-state index contributed by atoms with van der Waals surface area (Å²) < 4.78 is 25.7. The summed E-state index contributed by atoms with van der Waals surface area (Å²) in [5.74, 6) is -2.63. The number of halogens is 4. The predicted octanol–water partition coefficient (Wildman–Crippen LogP) is 2.36. The van der Waals surface area contributed by atoms with Crippen LogP contribution in [0.2, 0.25) is 5.02 Å². The molecule has 0 aliphatic rings. The molecule has 1 rings (SSSR count). The summed E-state index contributed by atoms with van der Waals surface area (Å²) in [5.41, 5.74) is 5.30. The Morgan fingerprint density at radius 2 is 2.00 bits per heavy atom. The lowest BCUT2D eigenvalue weighted by Crippen LogP contribution is -2.31. The summed E-state index contributed by atoms with van der Waals surface area (Å²) in [6.45, 7) is 2.63. The van der Waals surface area contributed by atoms with Crippen molar-refractivity contribution in [2.24, 2.45) is 11.7 Å². The smallest absolute Gasteiger partial charge is 0.252 e. The van der Waals surface area contributed by atoms with Crippen molar-refractivity contribution >= 4 is 29.9 Å². The number of nitrogens with one attached hydrogen (secondary N) is 1. The van der Waals surface area contributed by atoms with E-state index in [9.17, 15) is 13.6 Å². The van der Waals surface area contributed by atoms with Crippen LogP contribution in [0.4, 0.5) is 8.78 Å². The van der Waals surface area contributed by atoms with Gasteiger partial charge in [0, 0.05) is 6.54 Å². The average molecular weight is 299 g/mol. The van der Waals surface area contributed by atoms with Crippen molar-refractivity contribution in [2.45, 2.75) is 6.92 Å². The lowest BCUT2D eigenvalue weighted by Gasteiger charge is -2.11. The highest BCUT2D eigenvalue weighted by Crippen LogP contribution is 2.19. The van der Waals surface area contributed by atoms with Crippen LogP contribution in [-0.2, 0) is 0 Å². The van der Waals surface area contributed by atoms with Crippen LogP contribution < -0.4 is 11.1 Å². The van der Waals surface area contributed by atoms with Gasteiger partial charge in [0.25, 0.3) is 5.91 Å². The maximum Gasteiger partial charge on any atom is 0.252 e. The lowest BCUT2D eigenvalue weighted by molar-refractivity contribution is 0.0948. The van der Waals surface area contributed by atoms with Crippen LogP contribution in [0.1, 0.15) is 17.3 Å². The molecule has 1 aromatic rings. The van der Waals surface area contributed by atoms with Crippen LogP contribution in [0.5, 0.6) is 0 Å². The van der Waals surface area contributed by atoms with Crippen molar-refractivity contribution < 1.29 is 13.6 Å². The van der Waals surface area contributed by atoms with Crippen molar-refractivity contribution in [1.29, 1.82) is 0 Å². The molecule has 0 heterocycles. The van der Waals surface area contributed by atoms with Crippen LogP contribution in [0.3, 0.4) is 0 Å². The minimum absolute atomic E-state index is 0. The molecule has 18 heavy (non-hydrogen) atoms. The predicted molar refractivity (Wildman–Crippen MR) is 69.2 cm³/mol. The van der Waals surface area contributed by atoms with Gasteiger partial charge in [-0.15, -0.1) is 12.4 Å². The van der Waals surface area contributed by atoms with Crippen LogP contribution in [-0.4, -0.2) is 19.0 Å². The largest absolute Gasteiger partial charge is 0.352 e. The Kier molecular flexibility index (Phi) is 7.13. The van der Waals surface area contributed by atoms with E-state index in [1.807, 2.05) is 6.92 Å². The summed E-state index contributed by atoms with van der Waals surface area (Å²) in [6, 6.07) is 1.55. The van der Waals surface area contributed by atoms with Gasteiger partial charge < -0.3 is 11.1 Å². The number of benzene rings is 1. The van der Waals surface area contributed by atoms with Gasteiger partial charge in [0.15, 0.2) is 11.6 Å². The van der Waals surface area contributed by atoms with Crippen molar-refractivity contribution in [1.82, 2.24) is 5.32 Å². The van der Waals surface area contributed by atoms with Crippen molar-refractivity contribution in [3.05, 3.63) is 34.4 Å². The second-order valence-corrected chi connectivity index (χ2v) is 4.20. The molecule has 1 unspecified atom stereocenters. The molecule has 102 valence electrons. The highest BCUT2D eigenvalue weighted by Gasteiger charge is 2.15. The molecule has 0 aromatic heterocycles. The molecule has 3 N–H and O–H groups in total. The van der Waals surface area contributed by atoms with E-state index in [-0.39, 0.29) is 28.9 Å². The quantitative estimate of drug-likeness (QED) is 0.839. The molecule has 0 saturated carbocycles. The minimum Gasteiger partial charge on any atom is -0.352 e. The van der Waals surface area contributed by atoms with Crippen LogP contribution in [0, 0.1) is 17.6 Å². The number of rotatable bonds is 4. The second-order valence-electron chi connectivity index (χ2n) is 3.80. The van der Waals surface area contributed by atoms with Crippen LogP contribution in [0.25, 0.3) is 0 Å². The second kappa shape index (κ2) is 7.51. The molecule has 1 atom stereocenters. The van der Waals surface area contributed by atoms with Crippen molar-refractivity contribution in [3.63, 3.8) is 0 Å². The minimum atomic E-state index is -1.11. The van der Waals surface area contributed by atoms with E-state index in [0.29, 0.717) is 13.1 Å². The molecule has 0 aliphatic carbocycles. The Bertz CT molecular complexity index is 430. The van der Waals surface area contributed by atoms with Crippen molar-refractivity contribution in [2.75, 3.05) is 13.1 Å². The molecular weight excluding hydrogens is 285 g/mol. The van der Waals surface area contributed by atoms with Gasteiger partial charge in [-0.2, -0.15) is 0 Å². The Morgan fingerprint density at radius 1 is 1.44 bits per heavy atom. The molecule has 0 radical (unpaired) electrons. The van der Waals surface area contributed by atoms with Gasteiger partial charge in [0.1, 0.15) is 0 Å². The first kappa shape index (κ1) is 17.1. The average Bonchev–Trinajstić information content (AvgIpc) is 2.30. The Labute approximate surface area is 115 Å². The monoisotopic (exact) mass is 298 g/mol. The summed E-state index contributed by atoms with van der Waals surface area (Å²) >= 11 is 5.65. The summed E-state index contributed by atoms with van der Waals surface area (Å²) in [6.07, 6.45) is 0. The number of carbonyl (C=O) groups excluding carboxylic acids is 1. The molecular formula is C11H14Cl2F2N2O. The summed E-state index contributed by atoms with van der Waals surface area (Å²) in [7, 11) is 0. The SMILES string of the molecule is CC(CN)CNC(=O)c1cc(F)c(F)cc1Cl.Cl. The standard InChI is InChI=1S/C11H13ClF2N2O.ClH/c1-6(4-15)5-16-11(17)7-2-9(13)10(14)3-8(7)12;/h2-3,6H,4-5,15H2,1H3,(H,16,17);1H. The molecule has 0 spiro atoms. The first-order chi connectivity index (χ1) is 7.95. The molecule has 3 nitrogen and oxygen atoms in total. The number of nitrogens with two attached hydrogens (primary N) is 1. The zero-order valence-electron chi connectivity index (χ0n) is 9.67. The fourth-order valence-electron chi connectivity index (χ4n) is 1.14. The Morgan fingerprint density at radius 3 is 2.56 bits per heavy atom. The molecule has 0 bridgehead atoms. The molecule has 0 saturated heterocycles. The van der Waals surface area contributed by atoms with Gasteiger partial charge in [-0.25, -0.2) is 8.78 Å². The van der Waals surface area contributed by atoms with Gasteiger partial charge in [0.05, 0.1) is 10.6 Å². The molecule has 1 amide bonds. The Balaban J connectivity index is 0.00000289. The van der Waals surface area contributed by atoms with Gasteiger partial charge in [-0.3, -0.25) is 4.79 Å². The third kappa shape index (κ3) is 4.40. The van der Waals surface area contributed by atoms with E-state index in [1.165, 1.54) is 0 Å². The fourth-order valence-corrected chi connectivity index (χ4v) is 1.38. The third-order valence-electron chi connectivity index (χ3n) is 2.27. The fraction of sp³-hybridized carbons (Fsp3) is 0.364. The molecule has 0 aliphatic heterocycles. The normalized spacial score (nSPS) is 11.6. The zero-order chi connectivity index (χ0) is 13.0. The molecule has 1 aromatic carbocycles. The van der Waals surface area contributed by atoms with Crippen LogP contribution in [0.15, 0.2) is 12.1 Å². The van der Waals surface area contributed by atoms with E-state index in [1.54, 1.807) is 0 Å². The van der Waals surface area contributed by atoms with E-state index in [2.05, 4.69) is 5.32 Å². The maximum absolute atomic E-state index is 13.0. The summed E-state index contributed by atoms with van der Waals surface area (Å²) in [5, 5.41) is 2.42. The number of hydrogen-bond acceptors (Lipinski definition) is 2. The third-order valence-corrected chi connectivity index (χ3v) is 2.58. The number of amides is 1. The lowest BCUT2D eigenvalue weighted by atomic mass is 10.1. The van der Waals surface area contributed by atoms with E-state index >= 15 is 0 Å². The topological polar surface area (TPSA) is 55.1 Å². The van der Waals surface area contributed by atoms with Gasteiger partial charge >= 0.3 is 0 Å². The zero-order valence-corrected chi connectivity index (χ0v) is 11.2. The number of hydrogen-bond donors (Lipinski definition) is 2.